The monoisotopic (exact) mass is 539 g/mol. The number of nitrogens with one attached hydrogen (secondary N) is 1. The summed E-state index contributed by atoms with van der Waals surface area (Å²) in [6.07, 6.45) is 3.35. The quantitative estimate of drug-likeness (QED) is 0.355. The number of hydrogen-bond acceptors (Lipinski definition) is 7. The third-order valence-corrected chi connectivity index (χ3v) is 6.27. The van der Waals surface area contributed by atoms with E-state index < -0.39 is 0 Å². The summed E-state index contributed by atoms with van der Waals surface area (Å²) in [5.74, 6) is 0.726. The minimum atomic E-state index is 0.0161. The molecule has 160 valence electrons. The maximum absolute atomic E-state index is 12.9. The standard InChI is InChI=1S/C20H23N5O2S.CH3I/c1-24-5-7-25(8-6-24)20(26)19-23-18-15-3-2-13(14(11-21)12-22)10-16(15)27-9-4-17(18)28-19;1-2/h2-3,10-12,21H,4-9,22H2,1H3;1H3/b14-12+,21-11?;. The molecule has 1 amide bonds. The number of nitrogens with zero attached hydrogens (tertiary/aromatic N) is 3. The van der Waals surface area contributed by atoms with Crippen LogP contribution in [-0.2, 0) is 6.42 Å². The van der Waals surface area contributed by atoms with Crippen molar-refractivity contribution >= 4 is 51.6 Å². The average molecular weight is 539 g/mol. The lowest BCUT2D eigenvalue weighted by Crippen LogP contribution is -2.47. The van der Waals surface area contributed by atoms with E-state index >= 15 is 0 Å². The molecule has 2 aromatic rings. The first-order chi connectivity index (χ1) is 14.6. The van der Waals surface area contributed by atoms with Crippen molar-refractivity contribution in [3.8, 4) is 17.0 Å². The minimum Gasteiger partial charge on any atom is -0.492 e. The van der Waals surface area contributed by atoms with Gasteiger partial charge in [-0.2, -0.15) is 0 Å². The topological polar surface area (TPSA) is 95.5 Å². The Labute approximate surface area is 194 Å². The van der Waals surface area contributed by atoms with Gasteiger partial charge in [-0.25, -0.2) is 4.98 Å². The average Bonchev–Trinajstić information content (AvgIpc) is 3.12. The second-order valence-electron chi connectivity index (χ2n) is 6.96. The Morgan fingerprint density at radius 1 is 1.30 bits per heavy atom. The number of likely N-dealkylation sites (N-methyl/N-ethyl adjacent to an activating group) is 1. The Morgan fingerprint density at radius 3 is 2.70 bits per heavy atom. The molecule has 7 nitrogen and oxygen atoms in total. The molecule has 0 atom stereocenters. The molecule has 2 aliphatic heterocycles. The highest BCUT2D eigenvalue weighted by Gasteiger charge is 2.27. The van der Waals surface area contributed by atoms with Crippen LogP contribution in [0.5, 0.6) is 5.75 Å². The maximum atomic E-state index is 12.9. The van der Waals surface area contributed by atoms with Gasteiger partial charge >= 0.3 is 0 Å². The van der Waals surface area contributed by atoms with Crippen LogP contribution >= 0.6 is 33.9 Å². The normalized spacial score (nSPS) is 16.4. The number of aromatic nitrogens is 1. The number of thiazole rings is 1. The number of carbonyl (C=O) groups excluding carboxylic acids is 1. The van der Waals surface area contributed by atoms with Crippen LogP contribution in [0, 0.1) is 5.41 Å². The Hall–Kier alpha value is -1.98. The number of hydrogen-bond donors (Lipinski definition) is 2. The summed E-state index contributed by atoms with van der Waals surface area (Å²) in [4.78, 5) is 24.8. The lowest BCUT2D eigenvalue weighted by molar-refractivity contribution is 0.0664. The van der Waals surface area contributed by atoms with Gasteiger partial charge in [0.1, 0.15) is 5.75 Å². The van der Waals surface area contributed by atoms with Crippen LogP contribution in [0.25, 0.3) is 16.8 Å². The van der Waals surface area contributed by atoms with E-state index in [1.54, 1.807) is 0 Å². The van der Waals surface area contributed by atoms with Gasteiger partial charge in [-0.15, -0.1) is 11.3 Å². The SMILES string of the molecule is CI.CN1CCN(C(=O)c2nc3c(s2)CCOc2cc(/C(C=N)=C/N)ccc2-3)CC1. The van der Waals surface area contributed by atoms with E-state index in [0.717, 1.165) is 54.3 Å². The zero-order valence-corrected chi connectivity index (χ0v) is 20.1. The van der Waals surface area contributed by atoms with Gasteiger partial charge in [-0.1, -0.05) is 28.7 Å². The molecule has 9 heteroatoms. The summed E-state index contributed by atoms with van der Waals surface area (Å²) in [7, 11) is 2.07. The number of benzene rings is 1. The summed E-state index contributed by atoms with van der Waals surface area (Å²) in [5, 5.41) is 8.04. The molecule has 0 spiro atoms. The number of allylic oxidation sites excluding steroid dienone is 1. The van der Waals surface area contributed by atoms with Gasteiger partial charge in [-0.05, 0) is 29.7 Å². The summed E-state index contributed by atoms with van der Waals surface area (Å²) in [6, 6.07) is 5.73. The summed E-state index contributed by atoms with van der Waals surface area (Å²) >= 11 is 3.62. The highest BCUT2D eigenvalue weighted by atomic mass is 127. The Kier molecular flexibility index (Phi) is 7.84. The maximum Gasteiger partial charge on any atom is 0.282 e. The molecule has 0 unspecified atom stereocenters. The summed E-state index contributed by atoms with van der Waals surface area (Å²) in [6.45, 7) is 3.78. The Bertz CT molecular complexity index is 951. The minimum absolute atomic E-state index is 0.0161. The number of amides is 1. The number of alkyl halides is 1. The van der Waals surface area contributed by atoms with E-state index in [0.29, 0.717) is 22.9 Å². The molecule has 1 saturated heterocycles. The van der Waals surface area contributed by atoms with Crippen LogP contribution in [0.4, 0.5) is 0 Å². The van der Waals surface area contributed by atoms with Crippen LogP contribution in [0.1, 0.15) is 20.2 Å². The lowest BCUT2D eigenvalue weighted by Gasteiger charge is -2.31. The molecule has 30 heavy (non-hydrogen) atoms. The zero-order chi connectivity index (χ0) is 21.7. The number of fused-ring (bicyclic) bond motifs is 3. The van der Waals surface area contributed by atoms with Crippen molar-refractivity contribution in [3.05, 3.63) is 39.8 Å². The highest BCUT2D eigenvalue weighted by Crippen LogP contribution is 2.39. The van der Waals surface area contributed by atoms with Crippen LogP contribution in [0.3, 0.4) is 0 Å². The molecule has 1 aromatic heterocycles. The smallest absolute Gasteiger partial charge is 0.282 e. The number of carbonyl (C=O) groups is 1. The molecule has 2 aliphatic rings. The molecule has 0 saturated carbocycles. The first-order valence-corrected chi connectivity index (χ1v) is 12.6. The number of rotatable bonds is 3. The summed E-state index contributed by atoms with van der Waals surface area (Å²) in [5.41, 5.74) is 8.76. The zero-order valence-electron chi connectivity index (χ0n) is 17.2. The fourth-order valence-electron chi connectivity index (χ4n) is 3.47. The van der Waals surface area contributed by atoms with Crippen molar-refractivity contribution in [2.24, 2.45) is 5.73 Å². The highest BCUT2D eigenvalue weighted by molar-refractivity contribution is 14.1. The molecule has 1 fully saturated rings. The molecule has 3 heterocycles. The fraction of sp³-hybridized carbons (Fsp3) is 0.381. The van der Waals surface area contributed by atoms with Crippen LogP contribution in [0.15, 0.2) is 24.4 Å². The predicted octanol–water partition coefficient (Wildman–Crippen LogP) is 3.13. The van der Waals surface area contributed by atoms with E-state index in [1.807, 2.05) is 28.0 Å². The molecule has 0 aliphatic carbocycles. The van der Waals surface area contributed by atoms with E-state index in [1.165, 1.54) is 23.8 Å². The van der Waals surface area contributed by atoms with E-state index in [4.69, 9.17) is 20.9 Å². The van der Waals surface area contributed by atoms with Crippen molar-refractivity contribution in [1.82, 2.24) is 14.8 Å². The van der Waals surface area contributed by atoms with Crippen molar-refractivity contribution < 1.29 is 9.53 Å². The van der Waals surface area contributed by atoms with Crippen molar-refractivity contribution in [2.75, 3.05) is 44.8 Å². The predicted molar refractivity (Wildman–Crippen MR) is 131 cm³/mol. The van der Waals surface area contributed by atoms with Crippen LogP contribution in [0.2, 0.25) is 0 Å². The first kappa shape index (κ1) is 22.7. The molecule has 1 aromatic carbocycles. The van der Waals surface area contributed by atoms with Crippen molar-refractivity contribution in [3.63, 3.8) is 0 Å². The molecular formula is C21H26IN5O2S. The van der Waals surface area contributed by atoms with Gasteiger partial charge in [0.15, 0.2) is 5.01 Å². The second kappa shape index (κ2) is 10.4. The second-order valence-corrected chi connectivity index (χ2v) is 8.05. The molecule has 4 rings (SSSR count). The van der Waals surface area contributed by atoms with Gasteiger partial charge in [-0.3, -0.25) is 4.79 Å². The molecular weight excluding hydrogens is 513 g/mol. The molecule has 0 radical (unpaired) electrons. The van der Waals surface area contributed by atoms with E-state index in [2.05, 4.69) is 34.5 Å². The Balaban J connectivity index is 0.00000124. The first-order valence-electron chi connectivity index (χ1n) is 9.66. The third kappa shape index (κ3) is 4.68. The van der Waals surface area contributed by atoms with Gasteiger partial charge < -0.3 is 25.7 Å². The number of piperazine rings is 1. The van der Waals surface area contributed by atoms with Gasteiger partial charge in [0.05, 0.1) is 12.3 Å². The fourth-order valence-corrected chi connectivity index (χ4v) is 4.49. The number of halogens is 1. The van der Waals surface area contributed by atoms with Crippen LogP contribution < -0.4 is 10.5 Å². The largest absolute Gasteiger partial charge is 0.492 e. The molecule has 0 bridgehead atoms. The number of nitrogens with two attached hydrogens (primary N) is 1. The lowest BCUT2D eigenvalue weighted by atomic mass is 10.0. The Morgan fingerprint density at radius 2 is 2.03 bits per heavy atom. The van der Waals surface area contributed by atoms with Crippen molar-refractivity contribution in [2.45, 2.75) is 6.42 Å². The summed E-state index contributed by atoms with van der Waals surface area (Å²) < 4.78 is 5.92. The van der Waals surface area contributed by atoms with E-state index in [-0.39, 0.29) is 5.91 Å². The van der Waals surface area contributed by atoms with E-state index in [9.17, 15) is 4.79 Å². The number of ether oxygens (including phenoxy) is 1. The third-order valence-electron chi connectivity index (χ3n) is 5.16. The van der Waals surface area contributed by atoms with Gasteiger partial charge in [0.25, 0.3) is 5.91 Å². The van der Waals surface area contributed by atoms with Gasteiger partial charge in [0.2, 0.25) is 0 Å². The van der Waals surface area contributed by atoms with Crippen LogP contribution in [-0.4, -0.2) is 71.7 Å². The molecule has 3 N–H and O–H groups in total. The van der Waals surface area contributed by atoms with Crippen molar-refractivity contribution in [1.29, 1.82) is 5.41 Å². The van der Waals surface area contributed by atoms with Gasteiger partial charge in [0, 0.05) is 61.0 Å².